The number of aromatic nitrogens is 4. The quantitative estimate of drug-likeness (QED) is 0.855. The fourth-order valence-electron chi connectivity index (χ4n) is 2.49. The van der Waals surface area contributed by atoms with Gasteiger partial charge < -0.3 is 9.47 Å². The molecule has 2 heterocycles. The smallest absolute Gasteiger partial charge is 0.408 e. The number of fused-ring (bicyclic) bond motifs is 1. The lowest BCUT2D eigenvalue weighted by Crippen LogP contribution is -2.32. The minimum atomic E-state index is -4.39. The largest absolute Gasteiger partial charge is 0.488 e. The monoisotopic (exact) mass is 342 g/mol. The molecule has 0 atom stereocenters. The normalized spacial score (nSPS) is 16.4. The molecule has 1 aliphatic rings. The second kappa shape index (κ2) is 5.95. The Bertz CT molecular complexity index is 728. The first-order valence-corrected chi connectivity index (χ1v) is 7.48. The fraction of sp³-hybridized carbons (Fsp3) is 0.533. The van der Waals surface area contributed by atoms with Crippen molar-refractivity contribution in [2.24, 2.45) is 0 Å². The fourth-order valence-corrected chi connectivity index (χ4v) is 2.49. The van der Waals surface area contributed by atoms with E-state index in [4.69, 9.17) is 9.47 Å². The van der Waals surface area contributed by atoms with Gasteiger partial charge in [-0.3, -0.25) is 0 Å². The highest BCUT2D eigenvalue weighted by molar-refractivity contribution is 5.42. The summed E-state index contributed by atoms with van der Waals surface area (Å²) in [6.45, 7) is 2.67. The van der Waals surface area contributed by atoms with E-state index in [1.165, 1.54) is 0 Å². The predicted octanol–water partition coefficient (Wildman–Crippen LogP) is 2.92. The number of rotatable bonds is 4. The van der Waals surface area contributed by atoms with Gasteiger partial charge in [0.15, 0.2) is 5.82 Å². The average molecular weight is 342 g/mol. The average Bonchev–Trinajstić information content (AvgIpc) is 2.89. The first kappa shape index (κ1) is 16.5. The molecule has 0 saturated heterocycles. The molecule has 0 N–H and O–H groups in total. The topological polar surface area (TPSA) is 62.1 Å². The number of benzene rings is 1. The van der Waals surface area contributed by atoms with Crippen LogP contribution in [0.3, 0.4) is 0 Å². The maximum Gasteiger partial charge on any atom is 0.408 e. The van der Waals surface area contributed by atoms with Crippen molar-refractivity contribution >= 4 is 0 Å². The predicted molar refractivity (Wildman–Crippen MR) is 77.7 cm³/mol. The Labute approximate surface area is 136 Å². The van der Waals surface area contributed by atoms with Gasteiger partial charge in [-0.2, -0.15) is 13.2 Å². The van der Waals surface area contributed by atoms with Gasteiger partial charge in [-0.1, -0.05) is 0 Å². The minimum Gasteiger partial charge on any atom is -0.488 e. The molecule has 0 aliphatic carbocycles. The van der Waals surface area contributed by atoms with Crippen molar-refractivity contribution in [3.05, 3.63) is 29.6 Å². The van der Waals surface area contributed by atoms with Crippen LogP contribution in [0.2, 0.25) is 0 Å². The highest BCUT2D eigenvalue weighted by Gasteiger charge is 2.30. The van der Waals surface area contributed by atoms with E-state index in [9.17, 15) is 13.2 Å². The van der Waals surface area contributed by atoms with Gasteiger partial charge in [0.05, 0.1) is 0 Å². The Morgan fingerprint density at radius 2 is 2.12 bits per heavy atom. The highest BCUT2D eigenvalue weighted by atomic mass is 19.4. The summed E-state index contributed by atoms with van der Waals surface area (Å²) < 4.78 is 49.4. The Morgan fingerprint density at radius 1 is 1.33 bits per heavy atom. The number of nitrogens with zero attached hydrogens (tertiary/aromatic N) is 4. The molecule has 1 aromatic heterocycles. The van der Waals surface area contributed by atoms with Crippen molar-refractivity contribution in [1.29, 1.82) is 0 Å². The standard InChI is InChI=1S/C15H17F3N4O2/c1-14(2)6-5-10-7-11(3-4-12(10)24-14)23-8-13-19-20-21-22(13)9-15(16,17)18/h3-4,7H,5-6,8-9H2,1-2H3. The van der Waals surface area contributed by atoms with E-state index in [2.05, 4.69) is 15.5 Å². The van der Waals surface area contributed by atoms with E-state index in [-0.39, 0.29) is 18.0 Å². The summed E-state index contributed by atoms with van der Waals surface area (Å²) in [4.78, 5) is 0. The van der Waals surface area contributed by atoms with E-state index in [0.29, 0.717) is 10.4 Å². The van der Waals surface area contributed by atoms with Crippen molar-refractivity contribution in [2.75, 3.05) is 0 Å². The second-order valence-electron chi connectivity index (χ2n) is 6.29. The van der Waals surface area contributed by atoms with Gasteiger partial charge in [0.2, 0.25) is 0 Å². The Kier molecular flexibility index (Phi) is 4.10. The summed E-state index contributed by atoms with van der Waals surface area (Å²) >= 11 is 0. The molecule has 6 nitrogen and oxygen atoms in total. The first-order chi connectivity index (χ1) is 11.2. The number of alkyl halides is 3. The van der Waals surface area contributed by atoms with Crippen LogP contribution >= 0.6 is 0 Å². The lowest BCUT2D eigenvalue weighted by atomic mass is 9.94. The molecule has 0 unspecified atom stereocenters. The van der Waals surface area contributed by atoms with Crippen LogP contribution < -0.4 is 9.47 Å². The molecule has 0 radical (unpaired) electrons. The zero-order valence-corrected chi connectivity index (χ0v) is 13.3. The van der Waals surface area contributed by atoms with Crippen molar-refractivity contribution in [1.82, 2.24) is 20.2 Å². The summed E-state index contributed by atoms with van der Waals surface area (Å²) in [7, 11) is 0. The zero-order valence-electron chi connectivity index (χ0n) is 13.3. The lowest BCUT2D eigenvalue weighted by molar-refractivity contribution is -0.143. The summed E-state index contributed by atoms with van der Waals surface area (Å²) in [5, 5.41) is 10.2. The number of ether oxygens (including phenoxy) is 2. The third-order valence-corrected chi connectivity index (χ3v) is 3.72. The van der Waals surface area contributed by atoms with Crippen LogP contribution in [0.25, 0.3) is 0 Å². The van der Waals surface area contributed by atoms with Crippen LogP contribution in [0.15, 0.2) is 18.2 Å². The third kappa shape index (κ3) is 3.95. The van der Waals surface area contributed by atoms with Gasteiger partial charge in [-0.25, -0.2) is 4.68 Å². The van der Waals surface area contributed by atoms with E-state index in [1.807, 2.05) is 26.0 Å². The molecule has 1 aromatic carbocycles. The van der Waals surface area contributed by atoms with Gasteiger partial charge >= 0.3 is 6.18 Å². The summed E-state index contributed by atoms with van der Waals surface area (Å²) in [6.07, 6.45) is -2.65. The molecule has 0 amide bonds. The number of tetrazole rings is 1. The third-order valence-electron chi connectivity index (χ3n) is 3.72. The van der Waals surface area contributed by atoms with Gasteiger partial charge in [0.1, 0.15) is 30.3 Å². The highest BCUT2D eigenvalue weighted by Crippen LogP contribution is 2.35. The second-order valence-corrected chi connectivity index (χ2v) is 6.29. The molecule has 2 aromatic rings. The SMILES string of the molecule is CC1(C)CCc2cc(OCc3nnnn3CC(F)(F)F)ccc2O1. The van der Waals surface area contributed by atoms with Crippen molar-refractivity contribution in [2.45, 2.75) is 51.6 Å². The Morgan fingerprint density at radius 3 is 2.88 bits per heavy atom. The van der Waals surface area contributed by atoms with Gasteiger partial charge in [-0.15, -0.1) is 5.10 Å². The van der Waals surface area contributed by atoms with Crippen LogP contribution in [0, 0.1) is 0 Å². The maximum absolute atomic E-state index is 12.4. The summed E-state index contributed by atoms with van der Waals surface area (Å²) in [5.74, 6) is 1.36. The molecule has 0 saturated carbocycles. The van der Waals surface area contributed by atoms with Crippen LogP contribution in [0.1, 0.15) is 31.7 Å². The van der Waals surface area contributed by atoms with Crippen molar-refractivity contribution in [3.63, 3.8) is 0 Å². The first-order valence-electron chi connectivity index (χ1n) is 7.48. The number of hydrogen-bond donors (Lipinski definition) is 0. The van der Waals surface area contributed by atoms with Gasteiger partial charge in [0.25, 0.3) is 0 Å². The molecule has 130 valence electrons. The zero-order chi connectivity index (χ0) is 17.4. The molecule has 0 fully saturated rings. The van der Waals surface area contributed by atoms with Crippen molar-refractivity contribution in [3.8, 4) is 11.5 Å². The van der Waals surface area contributed by atoms with Crippen LogP contribution in [0.5, 0.6) is 11.5 Å². The van der Waals surface area contributed by atoms with Crippen LogP contribution in [0.4, 0.5) is 13.2 Å². The molecule has 3 rings (SSSR count). The summed E-state index contributed by atoms with van der Waals surface area (Å²) in [6, 6.07) is 5.37. The van der Waals surface area contributed by atoms with Gasteiger partial charge in [-0.05, 0) is 60.9 Å². The molecular weight excluding hydrogens is 325 g/mol. The van der Waals surface area contributed by atoms with E-state index < -0.39 is 12.7 Å². The van der Waals surface area contributed by atoms with Crippen LogP contribution in [-0.2, 0) is 19.6 Å². The number of hydrogen-bond acceptors (Lipinski definition) is 5. The lowest BCUT2D eigenvalue weighted by Gasteiger charge is -2.32. The van der Waals surface area contributed by atoms with Crippen LogP contribution in [-0.4, -0.2) is 32.0 Å². The Balaban J connectivity index is 1.67. The Hall–Kier alpha value is -2.32. The molecule has 0 spiro atoms. The minimum absolute atomic E-state index is 0.0161. The molecule has 1 aliphatic heterocycles. The van der Waals surface area contributed by atoms with E-state index in [1.54, 1.807) is 6.07 Å². The number of aryl methyl sites for hydroxylation is 1. The number of halogens is 3. The molecule has 24 heavy (non-hydrogen) atoms. The molecule has 0 bridgehead atoms. The summed E-state index contributed by atoms with van der Waals surface area (Å²) in [5.41, 5.74) is 0.816. The maximum atomic E-state index is 12.4. The van der Waals surface area contributed by atoms with Crippen molar-refractivity contribution < 1.29 is 22.6 Å². The molecule has 9 heteroatoms. The van der Waals surface area contributed by atoms with E-state index in [0.717, 1.165) is 24.2 Å². The molecular formula is C15H17F3N4O2. The van der Waals surface area contributed by atoms with E-state index >= 15 is 0 Å². The van der Waals surface area contributed by atoms with Gasteiger partial charge in [0, 0.05) is 0 Å².